The van der Waals surface area contributed by atoms with Gasteiger partial charge in [0, 0.05) is 34.4 Å². The molecule has 0 spiro atoms. The van der Waals surface area contributed by atoms with Crippen LogP contribution in [0.15, 0.2) is 0 Å². The summed E-state index contributed by atoms with van der Waals surface area (Å²) in [6.07, 6.45) is 0.573. The van der Waals surface area contributed by atoms with Crippen LogP contribution in [0.1, 0.15) is 6.42 Å². The van der Waals surface area contributed by atoms with Crippen molar-refractivity contribution in [2.45, 2.75) is 18.8 Å². The minimum Gasteiger partial charge on any atom is -0.355 e. The Morgan fingerprint density at radius 2 is 2.21 bits per heavy atom. The molecule has 1 amide bonds. The van der Waals surface area contributed by atoms with Gasteiger partial charge in [0.15, 0.2) is 6.29 Å². The summed E-state index contributed by atoms with van der Waals surface area (Å²) in [4.78, 5) is 13.2. The maximum absolute atomic E-state index is 11.5. The second-order valence-corrected chi connectivity index (χ2v) is 3.41. The van der Waals surface area contributed by atoms with E-state index in [1.165, 1.54) is 0 Å². The van der Waals surface area contributed by atoms with Crippen LogP contribution in [-0.2, 0) is 14.3 Å². The summed E-state index contributed by atoms with van der Waals surface area (Å²) in [5, 5.41) is 3.12. The van der Waals surface area contributed by atoms with Gasteiger partial charge in [0.05, 0.1) is 6.04 Å². The first-order valence-electron chi connectivity index (χ1n) is 4.73. The van der Waals surface area contributed by atoms with Crippen LogP contribution in [0.5, 0.6) is 0 Å². The number of hydrogen-bond donors (Lipinski definition) is 1. The minimum atomic E-state index is -0.284. The molecule has 14 heavy (non-hydrogen) atoms. The van der Waals surface area contributed by atoms with Crippen LogP contribution in [0.3, 0.4) is 0 Å². The number of likely N-dealkylation sites (tertiary alicyclic amines) is 1. The molecular weight excluding hydrogens is 184 g/mol. The minimum absolute atomic E-state index is 0.0761. The van der Waals surface area contributed by atoms with Crippen LogP contribution in [-0.4, -0.2) is 57.5 Å². The van der Waals surface area contributed by atoms with Crippen LogP contribution in [0.25, 0.3) is 0 Å². The van der Waals surface area contributed by atoms with Crippen molar-refractivity contribution in [2.75, 3.05) is 34.4 Å². The molecule has 0 radical (unpaired) electrons. The first-order chi connectivity index (χ1) is 6.69. The number of methoxy groups -OCH3 is 2. The van der Waals surface area contributed by atoms with Crippen molar-refractivity contribution in [2.24, 2.45) is 0 Å². The predicted molar refractivity (Wildman–Crippen MR) is 51.9 cm³/mol. The summed E-state index contributed by atoms with van der Waals surface area (Å²) in [5.74, 6) is 0.149. The summed E-state index contributed by atoms with van der Waals surface area (Å²) < 4.78 is 10.0. The molecule has 5 nitrogen and oxygen atoms in total. The number of amides is 1. The maximum Gasteiger partial charge on any atom is 0.239 e. The van der Waals surface area contributed by atoms with Gasteiger partial charge in [-0.1, -0.05) is 0 Å². The van der Waals surface area contributed by atoms with Crippen molar-refractivity contribution < 1.29 is 14.3 Å². The summed E-state index contributed by atoms with van der Waals surface area (Å²) in [6, 6.07) is -0.0761. The SMILES string of the molecule is COC(CNC1CCN(C)C1=O)OC. The lowest BCUT2D eigenvalue weighted by Crippen LogP contribution is -2.41. The Morgan fingerprint density at radius 1 is 1.57 bits per heavy atom. The largest absolute Gasteiger partial charge is 0.355 e. The molecule has 1 N–H and O–H groups in total. The van der Waals surface area contributed by atoms with Crippen LogP contribution < -0.4 is 5.32 Å². The van der Waals surface area contributed by atoms with E-state index < -0.39 is 0 Å². The van der Waals surface area contributed by atoms with Crippen molar-refractivity contribution in [3.63, 3.8) is 0 Å². The third-order valence-corrected chi connectivity index (χ3v) is 2.48. The van der Waals surface area contributed by atoms with Gasteiger partial charge in [-0.25, -0.2) is 0 Å². The standard InChI is InChI=1S/C9H18N2O3/c1-11-5-4-7(9(11)12)10-6-8(13-2)14-3/h7-8,10H,4-6H2,1-3H3. The van der Waals surface area contributed by atoms with E-state index in [9.17, 15) is 4.79 Å². The third-order valence-electron chi connectivity index (χ3n) is 2.48. The maximum atomic E-state index is 11.5. The smallest absolute Gasteiger partial charge is 0.239 e. The van der Waals surface area contributed by atoms with Gasteiger partial charge in [0.25, 0.3) is 0 Å². The normalized spacial score (nSPS) is 22.4. The molecule has 0 saturated carbocycles. The van der Waals surface area contributed by atoms with E-state index in [0.717, 1.165) is 13.0 Å². The Labute approximate surface area is 84.4 Å². The Balaban J connectivity index is 2.28. The number of carbonyl (C=O) groups excluding carboxylic acids is 1. The van der Waals surface area contributed by atoms with E-state index in [4.69, 9.17) is 9.47 Å². The number of ether oxygens (including phenoxy) is 2. The van der Waals surface area contributed by atoms with E-state index in [1.807, 2.05) is 7.05 Å². The molecule has 1 aliphatic heterocycles. The van der Waals surface area contributed by atoms with Crippen LogP contribution in [0, 0.1) is 0 Å². The van der Waals surface area contributed by atoms with Crippen LogP contribution in [0.4, 0.5) is 0 Å². The van der Waals surface area contributed by atoms with E-state index >= 15 is 0 Å². The van der Waals surface area contributed by atoms with Crippen molar-refractivity contribution in [1.82, 2.24) is 10.2 Å². The molecule has 1 unspecified atom stereocenters. The zero-order valence-corrected chi connectivity index (χ0v) is 8.95. The lowest BCUT2D eigenvalue weighted by atomic mass is 10.2. The van der Waals surface area contributed by atoms with E-state index in [1.54, 1.807) is 19.1 Å². The quantitative estimate of drug-likeness (QED) is 0.606. The Morgan fingerprint density at radius 3 is 2.64 bits per heavy atom. The lowest BCUT2D eigenvalue weighted by Gasteiger charge is -2.17. The van der Waals surface area contributed by atoms with Gasteiger partial charge < -0.3 is 19.7 Å². The molecule has 1 rings (SSSR count). The number of likely N-dealkylation sites (N-methyl/N-ethyl adjacent to an activating group) is 1. The zero-order chi connectivity index (χ0) is 10.6. The third kappa shape index (κ3) is 2.67. The van der Waals surface area contributed by atoms with E-state index in [-0.39, 0.29) is 18.2 Å². The highest BCUT2D eigenvalue weighted by Crippen LogP contribution is 2.08. The van der Waals surface area contributed by atoms with Gasteiger partial charge >= 0.3 is 0 Å². The molecule has 0 aromatic carbocycles. The van der Waals surface area contributed by atoms with Crippen molar-refractivity contribution >= 4 is 5.91 Å². The molecule has 0 aromatic rings. The number of rotatable bonds is 5. The van der Waals surface area contributed by atoms with Crippen LogP contribution >= 0.6 is 0 Å². The average molecular weight is 202 g/mol. The van der Waals surface area contributed by atoms with Gasteiger partial charge in [-0.15, -0.1) is 0 Å². The van der Waals surface area contributed by atoms with Gasteiger partial charge in [-0.05, 0) is 6.42 Å². The topological polar surface area (TPSA) is 50.8 Å². The Hall–Kier alpha value is -0.650. The summed E-state index contributed by atoms with van der Waals surface area (Å²) in [6.45, 7) is 1.36. The number of nitrogens with zero attached hydrogens (tertiary/aromatic N) is 1. The molecule has 1 aliphatic rings. The first-order valence-corrected chi connectivity index (χ1v) is 4.73. The van der Waals surface area contributed by atoms with Crippen LogP contribution in [0.2, 0.25) is 0 Å². The molecule has 1 saturated heterocycles. The molecule has 82 valence electrons. The van der Waals surface area contributed by atoms with Gasteiger partial charge in [-0.2, -0.15) is 0 Å². The fourth-order valence-corrected chi connectivity index (χ4v) is 1.51. The molecule has 0 bridgehead atoms. The lowest BCUT2D eigenvalue weighted by molar-refractivity contribution is -0.129. The molecule has 5 heteroatoms. The van der Waals surface area contributed by atoms with Gasteiger partial charge in [0.2, 0.25) is 5.91 Å². The molecular formula is C9H18N2O3. The number of hydrogen-bond acceptors (Lipinski definition) is 4. The molecule has 1 atom stereocenters. The monoisotopic (exact) mass is 202 g/mol. The first kappa shape index (κ1) is 11.4. The molecule has 1 heterocycles. The molecule has 0 aromatic heterocycles. The van der Waals surface area contributed by atoms with Crippen molar-refractivity contribution in [1.29, 1.82) is 0 Å². The van der Waals surface area contributed by atoms with E-state index in [2.05, 4.69) is 5.32 Å². The second-order valence-electron chi connectivity index (χ2n) is 3.41. The second kappa shape index (κ2) is 5.29. The number of nitrogens with one attached hydrogen (secondary N) is 1. The number of carbonyl (C=O) groups is 1. The Kier molecular flexibility index (Phi) is 4.31. The fraction of sp³-hybridized carbons (Fsp3) is 0.889. The summed E-state index contributed by atoms with van der Waals surface area (Å²) in [7, 11) is 4.98. The summed E-state index contributed by atoms with van der Waals surface area (Å²) >= 11 is 0. The molecule has 0 aliphatic carbocycles. The van der Waals surface area contributed by atoms with E-state index in [0.29, 0.717) is 6.54 Å². The van der Waals surface area contributed by atoms with Crippen molar-refractivity contribution in [3.05, 3.63) is 0 Å². The van der Waals surface area contributed by atoms with Gasteiger partial charge in [0.1, 0.15) is 0 Å². The van der Waals surface area contributed by atoms with Crippen molar-refractivity contribution in [3.8, 4) is 0 Å². The Bertz CT molecular complexity index is 194. The highest BCUT2D eigenvalue weighted by molar-refractivity contribution is 5.83. The fourth-order valence-electron chi connectivity index (χ4n) is 1.51. The highest BCUT2D eigenvalue weighted by Gasteiger charge is 2.28. The zero-order valence-electron chi connectivity index (χ0n) is 8.95. The predicted octanol–water partition coefficient (Wildman–Crippen LogP) is -0.574. The average Bonchev–Trinajstić information content (AvgIpc) is 2.51. The highest BCUT2D eigenvalue weighted by atomic mass is 16.7. The molecule has 1 fully saturated rings. The summed E-state index contributed by atoms with van der Waals surface area (Å²) in [5.41, 5.74) is 0. The van der Waals surface area contributed by atoms with Gasteiger partial charge in [-0.3, -0.25) is 4.79 Å².